The van der Waals surface area contributed by atoms with Crippen LogP contribution in [0.4, 0.5) is 17.5 Å². The molecule has 0 radical (unpaired) electrons. The third-order valence-electron chi connectivity index (χ3n) is 4.30. The molecule has 0 aliphatic carbocycles. The summed E-state index contributed by atoms with van der Waals surface area (Å²) < 4.78 is 7.83. The van der Waals surface area contributed by atoms with Crippen LogP contribution >= 0.6 is 23.2 Å². The zero-order chi connectivity index (χ0) is 21.3. The minimum Gasteiger partial charge on any atom is -0.457 e. The molecule has 9 heteroatoms. The number of amides is 1. The number of aryl methyl sites for hydroxylation is 1. The third-order valence-corrected chi connectivity index (χ3v) is 4.86. The summed E-state index contributed by atoms with van der Waals surface area (Å²) in [6.45, 7) is 1.42. The Hall–Kier alpha value is -3.29. The van der Waals surface area contributed by atoms with Crippen molar-refractivity contribution in [2.75, 3.05) is 10.6 Å². The zero-order valence-electron chi connectivity index (χ0n) is 16.1. The van der Waals surface area contributed by atoms with E-state index in [1.165, 1.54) is 6.92 Å². The highest BCUT2D eigenvalue weighted by Gasteiger charge is 2.11. The number of carbonyl (C=O) groups excluding carboxylic acids is 1. The molecule has 1 amide bonds. The molecular formula is C21H17Cl2N5O2. The maximum absolute atomic E-state index is 11.2. The van der Waals surface area contributed by atoms with Gasteiger partial charge in [-0.25, -0.2) is 9.97 Å². The third kappa shape index (κ3) is 4.32. The van der Waals surface area contributed by atoms with Gasteiger partial charge in [-0.15, -0.1) is 0 Å². The van der Waals surface area contributed by atoms with Gasteiger partial charge in [0.2, 0.25) is 11.9 Å². The minimum absolute atomic E-state index is 0.200. The van der Waals surface area contributed by atoms with E-state index in [0.29, 0.717) is 39.0 Å². The molecule has 7 nitrogen and oxygen atoms in total. The van der Waals surface area contributed by atoms with Gasteiger partial charge in [0.25, 0.3) is 0 Å². The maximum atomic E-state index is 11.2. The van der Waals surface area contributed by atoms with Crippen LogP contribution in [-0.4, -0.2) is 20.4 Å². The van der Waals surface area contributed by atoms with Gasteiger partial charge in [0, 0.05) is 37.3 Å². The van der Waals surface area contributed by atoms with Gasteiger partial charge in [0.05, 0.1) is 21.7 Å². The van der Waals surface area contributed by atoms with E-state index in [2.05, 4.69) is 20.6 Å². The fourth-order valence-electron chi connectivity index (χ4n) is 2.93. The van der Waals surface area contributed by atoms with Crippen molar-refractivity contribution in [2.45, 2.75) is 6.92 Å². The second-order valence-corrected chi connectivity index (χ2v) is 7.40. The number of nitrogens with zero attached hydrogens (tertiary/aromatic N) is 3. The van der Waals surface area contributed by atoms with Crippen molar-refractivity contribution in [3.63, 3.8) is 0 Å². The SMILES string of the molecule is CC(=O)Nc1cc(Oc2ccc3c(c2)nc(Nc2cc(Cl)ccc2Cl)n3C)ccn1. The molecule has 2 aromatic heterocycles. The zero-order valence-corrected chi connectivity index (χ0v) is 17.6. The summed E-state index contributed by atoms with van der Waals surface area (Å²) in [6, 6.07) is 14.2. The van der Waals surface area contributed by atoms with Crippen molar-refractivity contribution in [3.8, 4) is 11.5 Å². The molecule has 30 heavy (non-hydrogen) atoms. The number of nitrogens with one attached hydrogen (secondary N) is 2. The predicted octanol–water partition coefficient (Wildman–Crippen LogP) is 5.77. The van der Waals surface area contributed by atoms with Gasteiger partial charge in [0.15, 0.2) is 0 Å². The molecule has 2 aromatic carbocycles. The van der Waals surface area contributed by atoms with Gasteiger partial charge >= 0.3 is 0 Å². The van der Waals surface area contributed by atoms with E-state index in [1.807, 2.05) is 29.8 Å². The Morgan fingerprint density at radius 1 is 1.07 bits per heavy atom. The van der Waals surface area contributed by atoms with E-state index in [1.54, 1.807) is 36.5 Å². The summed E-state index contributed by atoms with van der Waals surface area (Å²) in [5.74, 6) is 1.99. The van der Waals surface area contributed by atoms with E-state index in [9.17, 15) is 4.79 Å². The van der Waals surface area contributed by atoms with Gasteiger partial charge < -0.3 is 19.9 Å². The van der Waals surface area contributed by atoms with Crippen LogP contribution in [0.15, 0.2) is 54.7 Å². The average Bonchev–Trinajstić information content (AvgIpc) is 2.99. The monoisotopic (exact) mass is 441 g/mol. The molecule has 0 spiro atoms. The smallest absolute Gasteiger partial charge is 0.222 e. The lowest BCUT2D eigenvalue weighted by molar-refractivity contribution is -0.114. The first-order valence-corrected chi connectivity index (χ1v) is 9.75. The summed E-state index contributed by atoms with van der Waals surface area (Å²) >= 11 is 12.3. The largest absolute Gasteiger partial charge is 0.457 e. The lowest BCUT2D eigenvalue weighted by Gasteiger charge is -2.08. The fraction of sp³-hybridized carbons (Fsp3) is 0.0952. The van der Waals surface area contributed by atoms with Crippen LogP contribution in [-0.2, 0) is 11.8 Å². The second-order valence-electron chi connectivity index (χ2n) is 6.55. The van der Waals surface area contributed by atoms with E-state index >= 15 is 0 Å². The number of hydrogen-bond donors (Lipinski definition) is 2. The van der Waals surface area contributed by atoms with Crippen molar-refractivity contribution in [1.29, 1.82) is 0 Å². The first-order chi connectivity index (χ1) is 14.4. The number of pyridine rings is 1. The van der Waals surface area contributed by atoms with Gasteiger partial charge in [-0.3, -0.25) is 4.79 Å². The number of imidazole rings is 1. The Morgan fingerprint density at radius 3 is 2.67 bits per heavy atom. The molecule has 152 valence electrons. The molecule has 4 rings (SSSR count). The Kier molecular flexibility index (Phi) is 5.48. The number of halogens is 2. The number of ether oxygens (including phenoxy) is 1. The second kappa shape index (κ2) is 8.22. The molecule has 0 saturated heterocycles. The Bertz CT molecular complexity index is 1260. The number of aromatic nitrogens is 3. The van der Waals surface area contributed by atoms with Crippen LogP contribution in [0.3, 0.4) is 0 Å². The minimum atomic E-state index is -0.200. The van der Waals surface area contributed by atoms with Crippen LogP contribution < -0.4 is 15.4 Å². The first-order valence-electron chi connectivity index (χ1n) is 8.99. The Labute approximate surface area is 182 Å². The highest BCUT2D eigenvalue weighted by Crippen LogP contribution is 2.31. The molecule has 0 fully saturated rings. The van der Waals surface area contributed by atoms with Crippen LogP contribution in [0, 0.1) is 0 Å². The summed E-state index contributed by atoms with van der Waals surface area (Å²) in [6.07, 6.45) is 1.57. The number of carbonyl (C=O) groups is 1. The molecular weight excluding hydrogens is 425 g/mol. The van der Waals surface area contributed by atoms with E-state index in [-0.39, 0.29) is 5.91 Å². The van der Waals surface area contributed by atoms with Crippen LogP contribution in [0.5, 0.6) is 11.5 Å². The lowest BCUT2D eigenvalue weighted by Crippen LogP contribution is -2.07. The molecule has 4 aromatic rings. The topological polar surface area (TPSA) is 81.1 Å². The standard InChI is InChI=1S/C21H17Cl2N5O2/c1-12(29)25-20-11-15(7-8-24-20)30-14-4-6-19-18(10-14)27-21(28(19)2)26-17-9-13(22)3-5-16(17)23/h3-11H,1-2H3,(H,26,27)(H,24,25,29). The normalized spacial score (nSPS) is 10.8. The summed E-state index contributed by atoms with van der Waals surface area (Å²) in [5, 5.41) is 6.96. The first kappa shape index (κ1) is 20.0. The van der Waals surface area contributed by atoms with Crippen molar-refractivity contribution >= 4 is 57.6 Å². The molecule has 0 atom stereocenters. The molecule has 0 aliphatic heterocycles. The molecule has 0 saturated carbocycles. The van der Waals surface area contributed by atoms with Crippen LogP contribution in [0.25, 0.3) is 11.0 Å². The van der Waals surface area contributed by atoms with Gasteiger partial charge in [0.1, 0.15) is 17.3 Å². The average molecular weight is 442 g/mol. The van der Waals surface area contributed by atoms with E-state index < -0.39 is 0 Å². The Morgan fingerprint density at radius 2 is 1.87 bits per heavy atom. The number of hydrogen-bond acceptors (Lipinski definition) is 5. The summed E-state index contributed by atoms with van der Waals surface area (Å²) in [7, 11) is 1.90. The highest BCUT2D eigenvalue weighted by atomic mass is 35.5. The van der Waals surface area contributed by atoms with Crippen molar-refractivity contribution < 1.29 is 9.53 Å². The summed E-state index contributed by atoms with van der Waals surface area (Å²) in [5.41, 5.74) is 2.32. The van der Waals surface area contributed by atoms with Gasteiger partial charge in [-0.2, -0.15) is 0 Å². The number of rotatable bonds is 5. The van der Waals surface area contributed by atoms with Crippen LogP contribution in [0.2, 0.25) is 10.0 Å². The van der Waals surface area contributed by atoms with Crippen molar-refractivity contribution in [2.24, 2.45) is 7.05 Å². The molecule has 0 unspecified atom stereocenters. The molecule has 2 N–H and O–H groups in total. The predicted molar refractivity (Wildman–Crippen MR) is 119 cm³/mol. The van der Waals surface area contributed by atoms with Crippen molar-refractivity contribution in [3.05, 3.63) is 64.8 Å². The Balaban J connectivity index is 1.60. The molecule has 0 bridgehead atoms. The number of benzene rings is 2. The lowest BCUT2D eigenvalue weighted by atomic mass is 10.3. The molecule has 0 aliphatic rings. The number of anilines is 3. The number of fused-ring (bicyclic) bond motifs is 1. The van der Waals surface area contributed by atoms with E-state index in [4.69, 9.17) is 27.9 Å². The van der Waals surface area contributed by atoms with Gasteiger partial charge in [-0.05, 0) is 36.4 Å². The molecule has 2 heterocycles. The van der Waals surface area contributed by atoms with Crippen molar-refractivity contribution in [1.82, 2.24) is 14.5 Å². The van der Waals surface area contributed by atoms with Gasteiger partial charge in [-0.1, -0.05) is 23.2 Å². The maximum Gasteiger partial charge on any atom is 0.222 e. The quantitative estimate of drug-likeness (QED) is 0.410. The highest BCUT2D eigenvalue weighted by molar-refractivity contribution is 6.35. The van der Waals surface area contributed by atoms with E-state index in [0.717, 1.165) is 11.0 Å². The summed E-state index contributed by atoms with van der Waals surface area (Å²) in [4.78, 5) is 19.9. The van der Waals surface area contributed by atoms with Crippen LogP contribution in [0.1, 0.15) is 6.92 Å². The fourth-order valence-corrected chi connectivity index (χ4v) is 3.26.